The van der Waals surface area contributed by atoms with Gasteiger partial charge in [0.15, 0.2) is 0 Å². The predicted octanol–water partition coefficient (Wildman–Crippen LogP) is 3.33. The molecule has 0 atom stereocenters. The van der Waals surface area contributed by atoms with Crippen molar-refractivity contribution in [3.05, 3.63) is 47.9 Å². The highest BCUT2D eigenvalue weighted by molar-refractivity contribution is 7.98. The molecule has 6 heteroatoms. The van der Waals surface area contributed by atoms with Gasteiger partial charge in [-0.15, -0.1) is 10.2 Å². The summed E-state index contributed by atoms with van der Waals surface area (Å²) in [7, 11) is 0. The molecule has 0 radical (unpaired) electrons. The van der Waals surface area contributed by atoms with Crippen molar-refractivity contribution in [1.82, 2.24) is 15.4 Å². The maximum Gasteiger partial charge on any atom is 0.277 e. The van der Waals surface area contributed by atoms with Gasteiger partial charge in [0.2, 0.25) is 5.89 Å². The van der Waals surface area contributed by atoms with E-state index in [-0.39, 0.29) is 0 Å². The van der Waals surface area contributed by atoms with Gasteiger partial charge in [-0.2, -0.15) is 0 Å². The third-order valence-electron chi connectivity index (χ3n) is 2.44. The van der Waals surface area contributed by atoms with Crippen molar-refractivity contribution in [1.29, 1.82) is 0 Å². The van der Waals surface area contributed by atoms with Crippen molar-refractivity contribution in [3.8, 4) is 11.5 Å². The second-order valence-electron chi connectivity index (χ2n) is 3.96. The van der Waals surface area contributed by atoms with E-state index in [9.17, 15) is 0 Å². The summed E-state index contributed by atoms with van der Waals surface area (Å²) in [6, 6.07) is 11.6. The van der Waals surface area contributed by atoms with Crippen LogP contribution in [0.5, 0.6) is 0 Å². The van der Waals surface area contributed by atoms with Gasteiger partial charge >= 0.3 is 0 Å². The van der Waals surface area contributed by atoms with Crippen LogP contribution in [-0.2, 0) is 5.75 Å². The van der Waals surface area contributed by atoms with Crippen LogP contribution in [0.3, 0.4) is 0 Å². The average molecular weight is 273 g/mol. The van der Waals surface area contributed by atoms with Crippen molar-refractivity contribution >= 4 is 11.8 Å². The quantitative estimate of drug-likeness (QED) is 0.679. The topological polar surface area (TPSA) is 65.0 Å². The summed E-state index contributed by atoms with van der Waals surface area (Å²) in [4.78, 5) is 0. The SMILES string of the molecule is Cc1cc(CSc2nnc(-c3ccccc3)o2)on1. The number of hydrogen-bond acceptors (Lipinski definition) is 6. The normalized spacial score (nSPS) is 10.8. The Kier molecular flexibility index (Phi) is 3.33. The zero-order valence-electron chi connectivity index (χ0n) is 10.2. The molecule has 3 aromatic rings. The van der Waals surface area contributed by atoms with Gasteiger partial charge in [0.1, 0.15) is 5.76 Å². The number of benzene rings is 1. The van der Waals surface area contributed by atoms with Crippen molar-refractivity contribution < 1.29 is 8.94 Å². The van der Waals surface area contributed by atoms with E-state index >= 15 is 0 Å². The van der Waals surface area contributed by atoms with E-state index in [1.165, 1.54) is 11.8 Å². The van der Waals surface area contributed by atoms with Crippen LogP contribution in [0.1, 0.15) is 11.5 Å². The Morgan fingerprint density at radius 2 is 2.00 bits per heavy atom. The molecule has 2 aromatic heterocycles. The van der Waals surface area contributed by atoms with Gasteiger partial charge in [0.25, 0.3) is 5.22 Å². The Morgan fingerprint density at radius 3 is 2.74 bits per heavy atom. The molecule has 2 heterocycles. The van der Waals surface area contributed by atoms with E-state index < -0.39 is 0 Å². The fraction of sp³-hybridized carbons (Fsp3) is 0.154. The van der Waals surface area contributed by atoms with E-state index in [4.69, 9.17) is 8.94 Å². The molecule has 0 unspecified atom stereocenters. The Morgan fingerprint density at radius 1 is 1.16 bits per heavy atom. The van der Waals surface area contributed by atoms with Crippen LogP contribution in [0.25, 0.3) is 11.5 Å². The number of hydrogen-bond donors (Lipinski definition) is 0. The summed E-state index contributed by atoms with van der Waals surface area (Å²) < 4.78 is 10.7. The predicted molar refractivity (Wildman–Crippen MR) is 70.5 cm³/mol. The standard InChI is InChI=1S/C13H11N3O2S/c1-9-7-11(18-16-9)8-19-13-15-14-12(17-13)10-5-3-2-4-6-10/h2-7H,8H2,1H3. The van der Waals surface area contributed by atoms with E-state index in [1.54, 1.807) is 0 Å². The Balaban J connectivity index is 1.68. The summed E-state index contributed by atoms with van der Waals surface area (Å²) >= 11 is 1.43. The molecule has 96 valence electrons. The lowest BCUT2D eigenvalue weighted by atomic mass is 10.2. The first-order valence-corrected chi connectivity index (χ1v) is 6.74. The van der Waals surface area contributed by atoms with Crippen LogP contribution in [-0.4, -0.2) is 15.4 Å². The monoisotopic (exact) mass is 273 g/mol. The molecule has 19 heavy (non-hydrogen) atoms. The first-order chi connectivity index (χ1) is 9.31. The molecule has 0 amide bonds. The summed E-state index contributed by atoms with van der Waals surface area (Å²) in [5, 5.41) is 12.4. The van der Waals surface area contributed by atoms with E-state index in [0.717, 1.165) is 17.0 Å². The fourth-order valence-corrected chi connectivity index (χ4v) is 2.22. The van der Waals surface area contributed by atoms with Gasteiger partial charge in [-0.3, -0.25) is 0 Å². The number of aromatic nitrogens is 3. The fourth-order valence-electron chi connectivity index (χ4n) is 1.58. The number of thioether (sulfide) groups is 1. The van der Waals surface area contributed by atoms with Crippen molar-refractivity contribution in [2.75, 3.05) is 0 Å². The molecule has 0 saturated heterocycles. The van der Waals surface area contributed by atoms with Gasteiger partial charge in [0.05, 0.1) is 11.4 Å². The molecule has 0 aliphatic rings. The third-order valence-corrected chi connectivity index (χ3v) is 3.28. The Bertz CT molecular complexity index is 663. The summed E-state index contributed by atoms with van der Waals surface area (Å²) in [5.41, 5.74) is 1.78. The van der Waals surface area contributed by atoms with Crippen LogP contribution in [0.4, 0.5) is 0 Å². The lowest BCUT2D eigenvalue weighted by Gasteiger charge is -1.92. The molecule has 0 spiro atoms. The first kappa shape index (κ1) is 12.0. The maximum absolute atomic E-state index is 5.58. The molecule has 1 aromatic carbocycles. The highest BCUT2D eigenvalue weighted by Crippen LogP contribution is 2.25. The maximum atomic E-state index is 5.58. The van der Waals surface area contributed by atoms with Crippen molar-refractivity contribution in [2.24, 2.45) is 0 Å². The number of rotatable bonds is 4. The van der Waals surface area contributed by atoms with Crippen LogP contribution < -0.4 is 0 Å². The third kappa shape index (κ3) is 2.85. The van der Waals surface area contributed by atoms with E-state index in [0.29, 0.717) is 16.9 Å². The lowest BCUT2D eigenvalue weighted by molar-refractivity contribution is 0.390. The largest absolute Gasteiger partial charge is 0.411 e. The molecule has 0 bridgehead atoms. The molecule has 5 nitrogen and oxygen atoms in total. The Hall–Kier alpha value is -2.08. The number of aryl methyl sites for hydroxylation is 1. The summed E-state index contributed by atoms with van der Waals surface area (Å²) in [5.74, 6) is 1.94. The van der Waals surface area contributed by atoms with Crippen LogP contribution >= 0.6 is 11.8 Å². The first-order valence-electron chi connectivity index (χ1n) is 5.75. The van der Waals surface area contributed by atoms with Crippen LogP contribution in [0.2, 0.25) is 0 Å². The molecule has 0 aliphatic carbocycles. The molecule has 0 saturated carbocycles. The van der Waals surface area contributed by atoms with Gasteiger partial charge in [-0.1, -0.05) is 35.1 Å². The second kappa shape index (κ2) is 5.27. The lowest BCUT2D eigenvalue weighted by Crippen LogP contribution is -1.76. The van der Waals surface area contributed by atoms with Crippen molar-refractivity contribution in [3.63, 3.8) is 0 Å². The molecule has 0 N–H and O–H groups in total. The zero-order valence-corrected chi connectivity index (χ0v) is 11.1. The smallest absolute Gasteiger partial charge is 0.277 e. The zero-order chi connectivity index (χ0) is 13.1. The molecular formula is C13H11N3O2S. The van der Waals surface area contributed by atoms with Gasteiger partial charge in [-0.05, 0) is 19.1 Å². The molecule has 3 rings (SSSR count). The molecular weight excluding hydrogens is 262 g/mol. The van der Waals surface area contributed by atoms with Crippen molar-refractivity contribution in [2.45, 2.75) is 17.9 Å². The average Bonchev–Trinajstić information content (AvgIpc) is 3.06. The Labute approximate surface area is 114 Å². The molecule has 0 fully saturated rings. The van der Waals surface area contributed by atoms with Gasteiger partial charge in [0, 0.05) is 11.6 Å². The summed E-state index contributed by atoms with van der Waals surface area (Å²) in [6.07, 6.45) is 0. The minimum Gasteiger partial charge on any atom is -0.411 e. The highest BCUT2D eigenvalue weighted by Gasteiger charge is 2.10. The minimum atomic E-state index is 0.521. The van der Waals surface area contributed by atoms with E-state index in [1.807, 2.05) is 43.3 Å². The van der Waals surface area contributed by atoms with Crippen LogP contribution in [0, 0.1) is 6.92 Å². The van der Waals surface area contributed by atoms with E-state index in [2.05, 4.69) is 15.4 Å². The van der Waals surface area contributed by atoms with Gasteiger partial charge in [-0.25, -0.2) is 0 Å². The van der Waals surface area contributed by atoms with Gasteiger partial charge < -0.3 is 8.94 Å². The highest BCUT2D eigenvalue weighted by atomic mass is 32.2. The second-order valence-corrected chi connectivity index (χ2v) is 4.89. The number of nitrogens with zero attached hydrogens (tertiary/aromatic N) is 3. The summed E-state index contributed by atoms with van der Waals surface area (Å²) in [6.45, 7) is 1.89. The molecule has 0 aliphatic heterocycles. The minimum absolute atomic E-state index is 0.521. The van der Waals surface area contributed by atoms with Crippen LogP contribution in [0.15, 0.2) is 50.6 Å².